The molecule has 2 heterocycles. The smallest absolute Gasteiger partial charge is 0.211 e. The van der Waals surface area contributed by atoms with Crippen LogP contribution in [0, 0.1) is 24.6 Å². The van der Waals surface area contributed by atoms with E-state index >= 15 is 4.39 Å². The number of hydrogen-bond donors (Lipinski definition) is 0. The summed E-state index contributed by atoms with van der Waals surface area (Å²) in [6.45, 7) is 10.3. The molecular formula is C27H33FN2O3S. The Kier molecular flexibility index (Phi) is 6.85. The van der Waals surface area contributed by atoms with E-state index in [0.29, 0.717) is 29.6 Å². The predicted molar refractivity (Wildman–Crippen MR) is 135 cm³/mol. The maximum atomic E-state index is 15.4. The molecule has 2 aromatic carbocycles. The first-order valence-electron chi connectivity index (χ1n) is 12.0. The first-order valence-corrected chi connectivity index (χ1v) is 13.5. The third kappa shape index (κ3) is 4.63. The maximum absolute atomic E-state index is 15.4. The van der Waals surface area contributed by atoms with Gasteiger partial charge in [0.25, 0.3) is 0 Å². The van der Waals surface area contributed by atoms with Crippen LogP contribution in [0.15, 0.2) is 57.2 Å². The lowest BCUT2D eigenvalue weighted by Gasteiger charge is -2.37. The second-order valence-electron chi connectivity index (χ2n) is 9.86. The molecule has 1 fully saturated rings. The van der Waals surface area contributed by atoms with Gasteiger partial charge < -0.3 is 9.47 Å². The fourth-order valence-electron chi connectivity index (χ4n) is 5.02. The van der Waals surface area contributed by atoms with E-state index in [1.807, 2.05) is 6.92 Å². The number of rotatable bonds is 6. The standard InChI is InChI=1S/C27H33FN2O3S/c1-5-6-11-29-17-26(34(32,33)21-9-7-18(2)8-10-21)27(31)22-13-23(28)25(14-24(22)29)30-15-19(3)12-20(4)16-30/h7-10,13-14,17,19-20H,5-6,11-12,15-16H2,1-4H3/t19-,20+. The highest BCUT2D eigenvalue weighted by atomic mass is 32.2. The Balaban J connectivity index is 1.91. The van der Waals surface area contributed by atoms with Gasteiger partial charge >= 0.3 is 0 Å². The molecular weight excluding hydrogens is 451 g/mol. The van der Waals surface area contributed by atoms with Crippen LogP contribution < -0.4 is 10.3 Å². The first kappa shape index (κ1) is 24.5. The summed E-state index contributed by atoms with van der Waals surface area (Å²) in [6, 6.07) is 9.38. The zero-order valence-corrected chi connectivity index (χ0v) is 21.2. The molecule has 34 heavy (non-hydrogen) atoms. The summed E-state index contributed by atoms with van der Waals surface area (Å²) in [5, 5.41) is 0.101. The van der Waals surface area contributed by atoms with E-state index in [2.05, 4.69) is 25.7 Å². The summed E-state index contributed by atoms with van der Waals surface area (Å²) >= 11 is 0. The average molecular weight is 485 g/mol. The van der Waals surface area contributed by atoms with Crippen molar-refractivity contribution in [3.8, 4) is 0 Å². The van der Waals surface area contributed by atoms with Crippen LogP contribution in [-0.4, -0.2) is 26.1 Å². The van der Waals surface area contributed by atoms with Crippen LogP contribution in [0.5, 0.6) is 0 Å². The van der Waals surface area contributed by atoms with E-state index in [9.17, 15) is 13.2 Å². The number of pyridine rings is 1. The Labute approximate surface area is 201 Å². The van der Waals surface area contributed by atoms with Gasteiger partial charge in [-0.1, -0.05) is 44.9 Å². The number of piperidine rings is 1. The van der Waals surface area contributed by atoms with Gasteiger partial charge in [0, 0.05) is 25.8 Å². The number of nitrogens with zero attached hydrogens (tertiary/aromatic N) is 2. The first-order chi connectivity index (χ1) is 16.1. The Morgan fingerprint density at radius 2 is 1.71 bits per heavy atom. The predicted octanol–water partition coefficient (Wildman–Crippen LogP) is 5.56. The van der Waals surface area contributed by atoms with Crippen LogP contribution in [0.2, 0.25) is 0 Å². The summed E-state index contributed by atoms with van der Waals surface area (Å²) in [7, 11) is -4.05. The van der Waals surface area contributed by atoms with Crippen molar-refractivity contribution in [2.75, 3.05) is 18.0 Å². The normalized spacial score (nSPS) is 19.0. The van der Waals surface area contributed by atoms with Crippen molar-refractivity contribution in [2.24, 2.45) is 11.8 Å². The lowest BCUT2D eigenvalue weighted by molar-refractivity contribution is 0.354. The third-order valence-electron chi connectivity index (χ3n) is 6.70. The summed E-state index contributed by atoms with van der Waals surface area (Å²) in [4.78, 5) is 15.2. The second-order valence-corrected chi connectivity index (χ2v) is 11.8. The van der Waals surface area contributed by atoms with E-state index in [1.54, 1.807) is 22.8 Å². The highest BCUT2D eigenvalue weighted by Crippen LogP contribution is 2.31. The molecule has 0 spiro atoms. The Bertz CT molecular complexity index is 1350. The molecule has 1 aliphatic rings. The highest BCUT2D eigenvalue weighted by molar-refractivity contribution is 7.91. The summed E-state index contributed by atoms with van der Waals surface area (Å²) in [5.41, 5.74) is 1.32. The molecule has 0 amide bonds. The molecule has 0 radical (unpaired) electrons. The van der Waals surface area contributed by atoms with E-state index in [1.165, 1.54) is 24.4 Å². The van der Waals surface area contributed by atoms with E-state index in [-0.39, 0.29) is 15.2 Å². The van der Waals surface area contributed by atoms with E-state index in [0.717, 1.165) is 37.9 Å². The van der Waals surface area contributed by atoms with Gasteiger partial charge in [0.05, 0.1) is 21.5 Å². The topological polar surface area (TPSA) is 59.4 Å². The monoisotopic (exact) mass is 484 g/mol. The van der Waals surface area contributed by atoms with Crippen molar-refractivity contribution in [2.45, 2.75) is 63.3 Å². The molecule has 3 aromatic rings. The molecule has 0 aliphatic carbocycles. The maximum Gasteiger partial charge on any atom is 0.211 e. The van der Waals surface area contributed by atoms with E-state index < -0.39 is 21.1 Å². The minimum Gasteiger partial charge on any atom is -0.369 e. The van der Waals surface area contributed by atoms with Crippen LogP contribution in [0.25, 0.3) is 10.9 Å². The van der Waals surface area contributed by atoms with Gasteiger partial charge in [-0.3, -0.25) is 4.79 Å². The third-order valence-corrected chi connectivity index (χ3v) is 8.46. The molecule has 7 heteroatoms. The molecule has 5 nitrogen and oxygen atoms in total. The lowest BCUT2D eigenvalue weighted by Crippen LogP contribution is -2.39. The number of benzene rings is 2. The average Bonchev–Trinajstić information content (AvgIpc) is 2.78. The van der Waals surface area contributed by atoms with Gasteiger partial charge in [-0.25, -0.2) is 12.8 Å². The van der Waals surface area contributed by atoms with Crippen molar-refractivity contribution < 1.29 is 12.8 Å². The molecule has 2 atom stereocenters. The van der Waals surface area contributed by atoms with Crippen LogP contribution >= 0.6 is 0 Å². The second kappa shape index (κ2) is 9.53. The molecule has 182 valence electrons. The number of unbranched alkanes of at least 4 members (excludes halogenated alkanes) is 1. The number of aromatic nitrogens is 1. The van der Waals surface area contributed by atoms with Crippen molar-refractivity contribution in [1.29, 1.82) is 0 Å². The minimum absolute atomic E-state index is 0.0602. The zero-order chi connectivity index (χ0) is 24.6. The number of fused-ring (bicyclic) bond motifs is 1. The van der Waals surface area contributed by atoms with Crippen LogP contribution in [-0.2, 0) is 16.4 Å². The van der Waals surface area contributed by atoms with E-state index in [4.69, 9.17) is 0 Å². The molecule has 1 aromatic heterocycles. The van der Waals surface area contributed by atoms with Gasteiger partial charge in [-0.2, -0.15) is 0 Å². The molecule has 4 rings (SSSR count). The molecule has 0 unspecified atom stereocenters. The van der Waals surface area contributed by atoms with Gasteiger partial charge in [-0.15, -0.1) is 0 Å². The Morgan fingerprint density at radius 3 is 2.32 bits per heavy atom. The van der Waals surface area contributed by atoms with Crippen LogP contribution in [0.4, 0.5) is 10.1 Å². The SMILES string of the molecule is CCCCn1cc(S(=O)(=O)c2ccc(C)cc2)c(=O)c2cc(F)c(N3C[C@H](C)C[C@H](C)C3)cc21. The van der Waals surface area contributed by atoms with Crippen LogP contribution in [0.1, 0.15) is 45.6 Å². The van der Waals surface area contributed by atoms with Crippen molar-refractivity contribution in [3.63, 3.8) is 0 Å². The lowest BCUT2D eigenvalue weighted by atomic mass is 9.91. The fourth-order valence-corrected chi connectivity index (χ4v) is 6.39. The molecule has 1 saturated heterocycles. The van der Waals surface area contributed by atoms with Gasteiger partial charge in [0.2, 0.25) is 15.3 Å². The minimum atomic E-state index is -4.05. The largest absolute Gasteiger partial charge is 0.369 e. The highest BCUT2D eigenvalue weighted by Gasteiger charge is 2.27. The van der Waals surface area contributed by atoms with Gasteiger partial charge in [0.15, 0.2) is 0 Å². The number of halogens is 1. The summed E-state index contributed by atoms with van der Waals surface area (Å²) in [5.74, 6) is 0.407. The number of aryl methyl sites for hydroxylation is 2. The summed E-state index contributed by atoms with van der Waals surface area (Å²) in [6.07, 6.45) is 4.27. The number of sulfone groups is 1. The number of anilines is 1. The Morgan fingerprint density at radius 1 is 1.06 bits per heavy atom. The van der Waals surface area contributed by atoms with Crippen molar-refractivity contribution >= 4 is 26.4 Å². The molecule has 1 aliphatic heterocycles. The van der Waals surface area contributed by atoms with Crippen molar-refractivity contribution in [1.82, 2.24) is 4.57 Å². The Hall–Kier alpha value is -2.67. The summed E-state index contributed by atoms with van der Waals surface area (Å²) < 4.78 is 44.0. The number of hydrogen-bond acceptors (Lipinski definition) is 4. The van der Waals surface area contributed by atoms with Crippen molar-refractivity contribution in [3.05, 3.63) is 64.2 Å². The molecule has 0 bridgehead atoms. The zero-order valence-electron chi connectivity index (χ0n) is 20.3. The van der Waals surface area contributed by atoms with Gasteiger partial charge in [-0.05, 0) is 55.9 Å². The molecule has 0 saturated carbocycles. The fraction of sp³-hybridized carbons (Fsp3) is 0.444. The van der Waals surface area contributed by atoms with Gasteiger partial charge in [0.1, 0.15) is 10.7 Å². The quantitative estimate of drug-likeness (QED) is 0.459. The molecule has 0 N–H and O–H groups in total. The van der Waals surface area contributed by atoms with Crippen LogP contribution in [0.3, 0.4) is 0 Å².